The Balaban J connectivity index is 1.65. The lowest BCUT2D eigenvalue weighted by atomic mass is 10.0. The molecule has 0 bridgehead atoms. The summed E-state index contributed by atoms with van der Waals surface area (Å²) >= 11 is 0. The van der Waals surface area contributed by atoms with Gasteiger partial charge in [-0.2, -0.15) is 0 Å². The van der Waals surface area contributed by atoms with Crippen molar-refractivity contribution in [3.63, 3.8) is 0 Å². The first-order valence-electron chi connectivity index (χ1n) is 9.76. The average Bonchev–Trinajstić information content (AvgIpc) is 3.11. The summed E-state index contributed by atoms with van der Waals surface area (Å²) in [5.74, 6) is -2.10. The van der Waals surface area contributed by atoms with Gasteiger partial charge in [0.05, 0.1) is 5.92 Å². The highest BCUT2D eigenvalue weighted by atomic mass is 16.6. The second-order valence-electron chi connectivity index (χ2n) is 7.58. The summed E-state index contributed by atoms with van der Waals surface area (Å²) in [6.07, 6.45) is 0.0157. The summed E-state index contributed by atoms with van der Waals surface area (Å²) in [7, 11) is 0. The van der Waals surface area contributed by atoms with Crippen LogP contribution in [0, 0.1) is 11.8 Å². The van der Waals surface area contributed by atoms with Crippen molar-refractivity contribution in [2.75, 3.05) is 31.2 Å². The molecule has 0 radical (unpaired) electrons. The Labute approximate surface area is 173 Å². The minimum Gasteiger partial charge on any atom is -0.486 e. The number of nitrogens with zero attached hydrogens (tertiary/aromatic N) is 1. The van der Waals surface area contributed by atoms with Gasteiger partial charge in [-0.15, -0.1) is 0 Å². The van der Waals surface area contributed by atoms with E-state index in [1.165, 1.54) is 4.90 Å². The standard InChI is InChI=1S/C20H25N3O7/c1-11(2)18(20(28)21-9-17(25)26)22-19(27)12-7-16(24)23(10-12)13-3-4-14-15(8-13)30-6-5-29-14/h3-4,8,11-12,18H,5-7,9-10H2,1-2H3,(H,21,28)(H,22,27)(H,25,26). The summed E-state index contributed by atoms with van der Waals surface area (Å²) in [5, 5.41) is 13.6. The molecule has 30 heavy (non-hydrogen) atoms. The van der Waals surface area contributed by atoms with Gasteiger partial charge >= 0.3 is 5.97 Å². The fourth-order valence-corrected chi connectivity index (χ4v) is 3.41. The van der Waals surface area contributed by atoms with Gasteiger partial charge in [-0.3, -0.25) is 19.2 Å². The number of hydrogen-bond donors (Lipinski definition) is 3. The van der Waals surface area contributed by atoms with Crippen LogP contribution >= 0.6 is 0 Å². The molecule has 10 nitrogen and oxygen atoms in total. The molecule has 0 saturated carbocycles. The van der Waals surface area contributed by atoms with E-state index in [9.17, 15) is 19.2 Å². The van der Waals surface area contributed by atoms with E-state index in [1.54, 1.807) is 32.0 Å². The first-order valence-corrected chi connectivity index (χ1v) is 9.76. The van der Waals surface area contributed by atoms with Crippen LogP contribution in [0.25, 0.3) is 0 Å². The van der Waals surface area contributed by atoms with Gasteiger partial charge in [-0.05, 0) is 18.1 Å². The maximum Gasteiger partial charge on any atom is 0.322 e. The Morgan fingerprint density at radius 1 is 1.20 bits per heavy atom. The summed E-state index contributed by atoms with van der Waals surface area (Å²) in [4.78, 5) is 49.7. The number of fused-ring (bicyclic) bond motifs is 1. The number of rotatable bonds is 7. The van der Waals surface area contributed by atoms with Crippen molar-refractivity contribution in [3.05, 3.63) is 18.2 Å². The van der Waals surface area contributed by atoms with E-state index in [1.807, 2.05) is 0 Å². The number of benzene rings is 1. The lowest BCUT2D eigenvalue weighted by molar-refractivity contribution is -0.138. The zero-order valence-corrected chi connectivity index (χ0v) is 16.8. The molecule has 3 rings (SSSR count). The van der Waals surface area contributed by atoms with Gasteiger partial charge in [0, 0.05) is 24.7 Å². The molecule has 1 fully saturated rings. The van der Waals surface area contributed by atoms with Crippen LogP contribution in [0.4, 0.5) is 5.69 Å². The zero-order chi connectivity index (χ0) is 21.8. The minimum atomic E-state index is -1.17. The number of carboxylic acid groups (broad SMARTS) is 1. The van der Waals surface area contributed by atoms with Crippen molar-refractivity contribution in [2.45, 2.75) is 26.3 Å². The largest absolute Gasteiger partial charge is 0.486 e. The summed E-state index contributed by atoms with van der Waals surface area (Å²) in [6.45, 7) is 4.02. The number of nitrogens with one attached hydrogen (secondary N) is 2. The average molecular weight is 419 g/mol. The van der Waals surface area contributed by atoms with Crippen LogP contribution in [0.3, 0.4) is 0 Å². The van der Waals surface area contributed by atoms with Crippen LogP contribution in [0.15, 0.2) is 18.2 Å². The Bertz CT molecular complexity index is 855. The molecule has 2 heterocycles. The predicted molar refractivity (Wildman–Crippen MR) is 105 cm³/mol. The van der Waals surface area contributed by atoms with Crippen LogP contribution in [0.1, 0.15) is 20.3 Å². The molecular weight excluding hydrogens is 394 g/mol. The van der Waals surface area contributed by atoms with Gasteiger partial charge in [0.1, 0.15) is 25.8 Å². The molecule has 2 unspecified atom stereocenters. The number of carbonyl (C=O) groups excluding carboxylic acids is 3. The van der Waals surface area contributed by atoms with Crippen molar-refractivity contribution in [3.8, 4) is 11.5 Å². The quantitative estimate of drug-likeness (QED) is 0.573. The highest BCUT2D eigenvalue weighted by Gasteiger charge is 2.37. The number of hydrogen-bond acceptors (Lipinski definition) is 6. The third-order valence-corrected chi connectivity index (χ3v) is 4.99. The molecule has 2 atom stereocenters. The predicted octanol–water partition coefficient (Wildman–Crippen LogP) is 0.152. The SMILES string of the molecule is CC(C)C(NC(=O)C1CC(=O)N(c2ccc3c(c2)OCCO3)C1)C(=O)NCC(=O)O. The second kappa shape index (κ2) is 9.02. The van der Waals surface area contributed by atoms with Gasteiger partial charge in [0.25, 0.3) is 0 Å². The first kappa shape index (κ1) is 21.4. The van der Waals surface area contributed by atoms with Crippen LogP contribution in [0.2, 0.25) is 0 Å². The lowest BCUT2D eigenvalue weighted by Gasteiger charge is -2.24. The molecule has 10 heteroatoms. The molecule has 162 valence electrons. The molecular formula is C20H25N3O7. The number of carboxylic acids is 1. The van der Waals surface area contributed by atoms with Crippen molar-refractivity contribution < 1.29 is 33.8 Å². The molecule has 0 aromatic heterocycles. The normalized spacial score (nSPS) is 18.8. The smallest absolute Gasteiger partial charge is 0.322 e. The summed E-state index contributed by atoms with van der Waals surface area (Å²) in [6, 6.07) is 4.28. The Morgan fingerprint density at radius 3 is 2.57 bits per heavy atom. The Morgan fingerprint density at radius 2 is 1.90 bits per heavy atom. The molecule has 2 aliphatic rings. The Kier molecular flexibility index (Phi) is 6.43. The highest BCUT2D eigenvalue weighted by molar-refractivity contribution is 6.01. The van der Waals surface area contributed by atoms with Crippen LogP contribution < -0.4 is 25.0 Å². The van der Waals surface area contributed by atoms with Gasteiger partial charge in [-0.1, -0.05) is 13.8 Å². The number of carbonyl (C=O) groups is 4. The first-order chi connectivity index (χ1) is 14.3. The van der Waals surface area contributed by atoms with Crippen LogP contribution in [0.5, 0.6) is 11.5 Å². The topological polar surface area (TPSA) is 134 Å². The van der Waals surface area contributed by atoms with E-state index < -0.39 is 36.3 Å². The number of aliphatic carboxylic acids is 1. The monoisotopic (exact) mass is 419 g/mol. The van der Waals surface area contributed by atoms with Crippen LogP contribution in [-0.4, -0.2) is 61.1 Å². The third-order valence-electron chi connectivity index (χ3n) is 4.99. The van der Waals surface area contributed by atoms with E-state index in [0.717, 1.165) is 0 Å². The van der Waals surface area contributed by atoms with E-state index in [-0.39, 0.29) is 24.8 Å². The van der Waals surface area contributed by atoms with E-state index in [2.05, 4.69) is 10.6 Å². The van der Waals surface area contributed by atoms with Crippen LogP contribution in [-0.2, 0) is 19.2 Å². The number of ether oxygens (including phenoxy) is 2. The van der Waals surface area contributed by atoms with Gasteiger partial charge < -0.3 is 30.1 Å². The zero-order valence-electron chi connectivity index (χ0n) is 16.8. The molecule has 1 saturated heterocycles. The number of amides is 3. The molecule has 3 amide bonds. The minimum absolute atomic E-state index is 0.0157. The van der Waals surface area contributed by atoms with Gasteiger partial charge in [-0.25, -0.2) is 0 Å². The van der Waals surface area contributed by atoms with E-state index in [4.69, 9.17) is 14.6 Å². The Hall–Kier alpha value is -3.30. The van der Waals surface area contributed by atoms with Crippen molar-refractivity contribution >= 4 is 29.4 Å². The van der Waals surface area contributed by atoms with Gasteiger partial charge in [0.15, 0.2) is 11.5 Å². The maximum atomic E-state index is 12.7. The van der Waals surface area contributed by atoms with E-state index >= 15 is 0 Å². The van der Waals surface area contributed by atoms with Crippen molar-refractivity contribution in [1.29, 1.82) is 0 Å². The highest BCUT2D eigenvalue weighted by Crippen LogP contribution is 2.36. The second-order valence-corrected chi connectivity index (χ2v) is 7.58. The van der Waals surface area contributed by atoms with Gasteiger partial charge in [0.2, 0.25) is 17.7 Å². The molecule has 0 aliphatic carbocycles. The maximum absolute atomic E-state index is 12.7. The molecule has 2 aliphatic heterocycles. The number of anilines is 1. The third kappa shape index (κ3) is 4.81. The lowest BCUT2D eigenvalue weighted by Crippen LogP contribution is -2.52. The summed E-state index contributed by atoms with van der Waals surface area (Å²) in [5.41, 5.74) is 0.610. The molecule has 3 N–H and O–H groups in total. The molecule has 1 aromatic rings. The van der Waals surface area contributed by atoms with E-state index in [0.29, 0.717) is 30.4 Å². The summed E-state index contributed by atoms with van der Waals surface area (Å²) < 4.78 is 11.0. The molecule has 1 aromatic carbocycles. The fraction of sp³-hybridized carbons (Fsp3) is 0.500. The molecule has 0 spiro atoms. The van der Waals surface area contributed by atoms with Crippen molar-refractivity contribution in [2.24, 2.45) is 11.8 Å². The fourth-order valence-electron chi connectivity index (χ4n) is 3.41. The van der Waals surface area contributed by atoms with Crippen molar-refractivity contribution in [1.82, 2.24) is 10.6 Å².